The second kappa shape index (κ2) is 7.03. The van der Waals surface area contributed by atoms with Crippen molar-refractivity contribution < 1.29 is 4.92 Å². The molecule has 0 spiro atoms. The summed E-state index contributed by atoms with van der Waals surface area (Å²) in [6.45, 7) is 5.40. The second-order valence-electron chi connectivity index (χ2n) is 4.67. The molecule has 0 saturated heterocycles. The minimum atomic E-state index is -0.379. The predicted octanol–water partition coefficient (Wildman–Crippen LogP) is 3.79. The number of non-ortho nitro benzene ring substituents is 1. The molecule has 21 heavy (non-hydrogen) atoms. The topological polar surface area (TPSA) is 80.1 Å². The normalized spacial score (nSPS) is 10.4. The zero-order valence-corrected chi connectivity index (χ0v) is 12.9. The Hall–Kier alpha value is -2.15. The van der Waals surface area contributed by atoms with Gasteiger partial charge in [-0.15, -0.1) is 11.3 Å². The van der Waals surface area contributed by atoms with Gasteiger partial charge in [0.25, 0.3) is 5.69 Å². The fourth-order valence-electron chi connectivity index (χ4n) is 1.85. The van der Waals surface area contributed by atoms with Crippen molar-refractivity contribution in [2.24, 2.45) is 0 Å². The van der Waals surface area contributed by atoms with E-state index in [1.807, 2.05) is 26.1 Å². The van der Waals surface area contributed by atoms with Gasteiger partial charge in [-0.2, -0.15) is 0 Å². The maximum Gasteiger partial charge on any atom is 0.273 e. The van der Waals surface area contributed by atoms with Crippen LogP contribution in [-0.2, 0) is 6.54 Å². The molecule has 0 saturated carbocycles. The van der Waals surface area contributed by atoms with E-state index >= 15 is 0 Å². The number of aryl methyl sites for hydroxylation is 1. The summed E-state index contributed by atoms with van der Waals surface area (Å²) in [5.74, 6) is 0. The van der Waals surface area contributed by atoms with E-state index in [0.717, 1.165) is 34.2 Å². The van der Waals surface area contributed by atoms with E-state index in [2.05, 4.69) is 15.6 Å². The number of benzene rings is 1. The van der Waals surface area contributed by atoms with Gasteiger partial charge in [0.1, 0.15) is 5.01 Å². The molecule has 0 aliphatic heterocycles. The Morgan fingerprint density at radius 2 is 2.00 bits per heavy atom. The first-order valence-corrected chi connectivity index (χ1v) is 7.58. The second-order valence-corrected chi connectivity index (χ2v) is 5.99. The average Bonchev–Trinajstić information content (AvgIpc) is 2.88. The van der Waals surface area contributed by atoms with E-state index in [0.29, 0.717) is 6.54 Å². The van der Waals surface area contributed by atoms with E-state index in [-0.39, 0.29) is 10.6 Å². The highest BCUT2D eigenvalue weighted by Gasteiger charge is 2.10. The first-order valence-electron chi connectivity index (χ1n) is 6.77. The lowest BCUT2D eigenvalue weighted by molar-refractivity contribution is -0.384. The number of rotatable bonds is 7. The van der Waals surface area contributed by atoms with Crippen molar-refractivity contribution >= 4 is 28.4 Å². The average molecular weight is 306 g/mol. The summed E-state index contributed by atoms with van der Waals surface area (Å²) in [4.78, 5) is 16.0. The van der Waals surface area contributed by atoms with Gasteiger partial charge in [0.05, 0.1) is 11.5 Å². The van der Waals surface area contributed by atoms with Crippen LogP contribution in [0.3, 0.4) is 0 Å². The molecular formula is C14H18N4O2S. The summed E-state index contributed by atoms with van der Waals surface area (Å²) in [6.07, 6.45) is 2.78. The van der Waals surface area contributed by atoms with Crippen molar-refractivity contribution in [2.75, 3.05) is 17.2 Å². The standard InChI is InChI=1S/C14H18N4O2S/c1-3-4-15-11-5-12(7-13(6-11)18(19)20)16-9-14-17-8-10(2)21-14/h5-8,15-16H,3-4,9H2,1-2H3. The Balaban J connectivity index is 2.12. The van der Waals surface area contributed by atoms with Crippen LogP contribution < -0.4 is 10.6 Å². The van der Waals surface area contributed by atoms with Gasteiger partial charge in [0, 0.05) is 41.1 Å². The molecule has 0 atom stereocenters. The molecule has 0 bridgehead atoms. The first-order chi connectivity index (χ1) is 10.1. The largest absolute Gasteiger partial charge is 0.385 e. The van der Waals surface area contributed by atoms with Crippen LogP contribution in [0.1, 0.15) is 23.2 Å². The molecular weight excluding hydrogens is 288 g/mol. The zero-order chi connectivity index (χ0) is 15.2. The third kappa shape index (κ3) is 4.42. The summed E-state index contributed by atoms with van der Waals surface area (Å²) in [5, 5.41) is 18.3. The van der Waals surface area contributed by atoms with Crippen LogP contribution in [0.2, 0.25) is 0 Å². The fourth-order valence-corrected chi connectivity index (χ4v) is 2.58. The lowest BCUT2D eigenvalue weighted by Crippen LogP contribution is -2.03. The molecule has 0 radical (unpaired) electrons. The molecule has 2 rings (SSSR count). The van der Waals surface area contributed by atoms with Crippen molar-refractivity contribution in [1.29, 1.82) is 0 Å². The highest BCUT2D eigenvalue weighted by atomic mass is 32.1. The number of nitrogens with zero attached hydrogens (tertiary/aromatic N) is 2. The van der Waals surface area contributed by atoms with Gasteiger partial charge >= 0.3 is 0 Å². The van der Waals surface area contributed by atoms with Crippen LogP contribution in [0.4, 0.5) is 17.1 Å². The molecule has 1 aromatic heterocycles. The number of nitro benzene ring substituents is 1. The molecule has 0 aliphatic carbocycles. The quantitative estimate of drug-likeness (QED) is 0.601. The molecule has 112 valence electrons. The lowest BCUT2D eigenvalue weighted by atomic mass is 10.2. The van der Waals surface area contributed by atoms with Crippen molar-refractivity contribution in [3.63, 3.8) is 0 Å². The van der Waals surface area contributed by atoms with Gasteiger partial charge in [-0.1, -0.05) is 6.92 Å². The summed E-state index contributed by atoms with van der Waals surface area (Å²) < 4.78 is 0. The fraction of sp³-hybridized carbons (Fsp3) is 0.357. The molecule has 2 N–H and O–H groups in total. The molecule has 0 unspecified atom stereocenters. The van der Waals surface area contributed by atoms with E-state index in [9.17, 15) is 10.1 Å². The first kappa shape index (κ1) is 15.2. The molecule has 0 aliphatic rings. The Morgan fingerprint density at radius 1 is 1.29 bits per heavy atom. The molecule has 6 nitrogen and oxygen atoms in total. The highest BCUT2D eigenvalue weighted by Crippen LogP contribution is 2.25. The van der Waals surface area contributed by atoms with Crippen molar-refractivity contribution in [2.45, 2.75) is 26.8 Å². The van der Waals surface area contributed by atoms with Gasteiger partial charge < -0.3 is 10.6 Å². The molecule has 0 amide bonds. The molecule has 2 aromatic rings. The summed E-state index contributed by atoms with van der Waals surface area (Å²) in [5.41, 5.74) is 1.55. The highest BCUT2D eigenvalue weighted by molar-refractivity contribution is 7.11. The van der Waals surface area contributed by atoms with E-state index < -0.39 is 0 Å². The monoisotopic (exact) mass is 306 g/mol. The van der Waals surface area contributed by atoms with Crippen LogP contribution in [0, 0.1) is 17.0 Å². The molecule has 0 fully saturated rings. The van der Waals surface area contributed by atoms with Gasteiger partial charge in [0.2, 0.25) is 0 Å². The van der Waals surface area contributed by atoms with Crippen LogP contribution in [0.25, 0.3) is 0 Å². The van der Waals surface area contributed by atoms with Crippen molar-refractivity contribution in [3.05, 3.63) is 44.4 Å². The zero-order valence-electron chi connectivity index (χ0n) is 12.0. The maximum atomic E-state index is 11.0. The number of aromatic nitrogens is 1. The van der Waals surface area contributed by atoms with E-state index in [1.54, 1.807) is 17.4 Å². The molecule has 1 heterocycles. The van der Waals surface area contributed by atoms with Crippen molar-refractivity contribution in [1.82, 2.24) is 4.98 Å². The van der Waals surface area contributed by atoms with E-state index in [1.165, 1.54) is 6.07 Å². The number of anilines is 2. The predicted molar refractivity (Wildman–Crippen MR) is 86.1 cm³/mol. The van der Waals surface area contributed by atoms with Crippen LogP contribution in [0.5, 0.6) is 0 Å². The lowest BCUT2D eigenvalue weighted by Gasteiger charge is -2.09. The van der Waals surface area contributed by atoms with Crippen LogP contribution >= 0.6 is 11.3 Å². The van der Waals surface area contributed by atoms with Gasteiger partial charge in [0.15, 0.2) is 0 Å². The van der Waals surface area contributed by atoms with E-state index in [4.69, 9.17) is 0 Å². The number of nitrogens with one attached hydrogen (secondary N) is 2. The van der Waals surface area contributed by atoms with Gasteiger partial charge in [-0.25, -0.2) is 4.98 Å². The summed E-state index contributed by atoms with van der Waals surface area (Å²) >= 11 is 1.61. The van der Waals surface area contributed by atoms with Gasteiger partial charge in [-0.3, -0.25) is 10.1 Å². The molecule has 1 aromatic carbocycles. The maximum absolute atomic E-state index is 11.0. The minimum absolute atomic E-state index is 0.0777. The Morgan fingerprint density at radius 3 is 2.57 bits per heavy atom. The third-order valence-electron chi connectivity index (χ3n) is 2.82. The van der Waals surface area contributed by atoms with Crippen LogP contribution in [0.15, 0.2) is 24.4 Å². The number of thiazole rings is 1. The summed E-state index contributed by atoms with van der Waals surface area (Å²) in [6, 6.07) is 4.97. The Labute approximate surface area is 127 Å². The Bertz CT molecular complexity index is 627. The van der Waals surface area contributed by atoms with Gasteiger partial charge in [-0.05, 0) is 19.4 Å². The van der Waals surface area contributed by atoms with Crippen LogP contribution in [-0.4, -0.2) is 16.5 Å². The third-order valence-corrected chi connectivity index (χ3v) is 3.73. The molecule has 7 heteroatoms. The smallest absolute Gasteiger partial charge is 0.273 e. The van der Waals surface area contributed by atoms with Crippen molar-refractivity contribution in [3.8, 4) is 0 Å². The Kier molecular flexibility index (Phi) is 5.10. The number of hydrogen-bond acceptors (Lipinski definition) is 6. The SMILES string of the molecule is CCCNc1cc(NCc2ncc(C)s2)cc([N+](=O)[O-])c1. The minimum Gasteiger partial charge on any atom is -0.385 e. The number of hydrogen-bond donors (Lipinski definition) is 2. The number of nitro groups is 1. The summed E-state index contributed by atoms with van der Waals surface area (Å²) in [7, 11) is 0.